The Morgan fingerprint density at radius 1 is 1.17 bits per heavy atom. The Balaban J connectivity index is 1.64. The van der Waals surface area contributed by atoms with Gasteiger partial charge in [-0.05, 0) is 18.8 Å². The van der Waals surface area contributed by atoms with Gasteiger partial charge in [-0.2, -0.15) is 0 Å². The molecule has 1 saturated carbocycles. The van der Waals surface area contributed by atoms with Gasteiger partial charge in [-0.25, -0.2) is 4.79 Å². The van der Waals surface area contributed by atoms with E-state index < -0.39 is 5.54 Å². The lowest BCUT2D eigenvalue weighted by atomic mass is 9.98. The van der Waals surface area contributed by atoms with Gasteiger partial charge in [0.15, 0.2) is 0 Å². The number of rotatable bonds is 4. The van der Waals surface area contributed by atoms with Crippen LogP contribution < -0.4 is 10.6 Å². The summed E-state index contributed by atoms with van der Waals surface area (Å²) in [6, 6.07) is -0.468. The van der Waals surface area contributed by atoms with Gasteiger partial charge in [0, 0.05) is 26.2 Å². The first-order valence-corrected chi connectivity index (χ1v) is 8.60. The number of nitrogens with one attached hydrogen (secondary N) is 2. The van der Waals surface area contributed by atoms with Gasteiger partial charge in [0.2, 0.25) is 5.91 Å². The van der Waals surface area contributed by atoms with Crippen LogP contribution in [0.25, 0.3) is 0 Å². The van der Waals surface area contributed by atoms with Crippen LogP contribution in [-0.2, 0) is 9.59 Å². The molecular weight excluding hydrogens is 296 g/mol. The minimum absolute atomic E-state index is 0.0377. The number of carbonyl (C=O) groups is 3. The summed E-state index contributed by atoms with van der Waals surface area (Å²) in [7, 11) is 0. The molecule has 128 valence electrons. The van der Waals surface area contributed by atoms with E-state index in [0.717, 1.165) is 32.2 Å². The van der Waals surface area contributed by atoms with E-state index in [1.807, 2.05) is 13.8 Å². The molecule has 2 N–H and O–H groups in total. The highest BCUT2D eigenvalue weighted by atomic mass is 16.2. The summed E-state index contributed by atoms with van der Waals surface area (Å²) in [4.78, 5) is 40.3. The van der Waals surface area contributed by atoms with E-state index in [4.69, 9.17) is 0 Å². The largest absolute Gasteiger partial charge is 0.353 e. The second-order valence-corrected chi connectivity index (χ2v) is 7.19. The zero-order valence-corrected chi connectivity index (χ0v) is 13.9. The maximum absolute atomic E-state index is 12.6. The van der Waals surface area contributed by atoms with Crippen LogP contribution >= 0.6 is 0 Å². The number of urea groups is 1. The number of amides is 4. The van der Waals surface area contributed by atoms with Crippen molar-refractivity contribution in [2.75, 3.05) is 26.2 Å². The van der Waals surface area contributed by atoms with Crippen molar-refractivity contribution in [3.8, 4) is 0 Å². The molecule has 2 aliphatic heterocycles. The van der Waals surface area contributed by atoms with E-state index in [2.05, 4.69) is 15.5 Å². The van der Waals surface area contributed by atoms with Crippen LogP contribution in [0.4, 0.5) is 4.79 Å². The molecule has 3 fully saturated rings. The van der Waals surface area contributed by atoms with Gasteiger partial charge in [-0.3, -0.25) is 19.4 Å². The summed E-state index contributed by atoms with van der Waals surface area (Å²) in [6.07, 6.45) is 3.47. The smallest absolute Gasteiger partial charge is 0.325 e. The first kappa shape index (κ1) is 16.2. The first-order chi connectivity index (χ1) is 10.9. The van der Waals surface area contributed by atoms with Gasteiger partial charge >= 0.3 is 6.03 Å². The molecule has 1 spiro atoms. The van der Waals surface area contributed by atoms with Gasteiger partial charge < -0.3 is 10.6 Å². The Kier molecular flexibility index (Phi) is 4.31. The van der Waals surface area contributed by atoms with Crippen molar-refractivity contribution in [3.63, 3.8) is 0 Å². The fraction of sp³-hybridized carbons (Fsp3) is 0.812. The van der Waals surface area contributed by atoms with E-state index in [1.54, 1.807) is 0 Å². The Morgan fingerprint density at radius 2 is 1.87 bits per heavy atom. The van der Waals surface area contributed by atoms with Crippen molar-refractivity contribution in [2.24, 2.45) is 5.92 Å². The van der Waals surface area contributed by atoms with Crippen LogP contribution in [0.1, 0.15) is 39.5 Å². The Labute approximate surface area is 136 Å². The zero-order valence-electron chi connectivity index (χ0n) is 13.9. The molecule has 2 saturated heterocycles. The van der Waals surface area contributed by atoms with Crippen molar-refractivity contribution in [3.05, 3.63) is 0 Å². The van der Waals surface area contributed by atoms with Crippen molar-refractivity contribution in [2.45, 2.75) is 51.1 Å². The third kappa shape index (κ3) is 2.82. The third-order valence-corrected chi connectivity index (χ3v) is 5.31. The number of nitrogens with zero attached hydrogens (tertiary/aromatic N) is 2. The highest BCUT2D eigenvalue weighted by Gasteiger charge is 2.52. The molecule has 1 atom stereocenters. The Morgan fingerprint density at radius 3 is 2.52 bits per heavy atom. The SMILES string of the molecule is CC(C)C1C(=O)NCCN1CCN1C(=O)NC2(CCCC2)C1=O. The number of hydrogen-bond donors (Lipinski definition) is 2. The highest BCUT2D eigenvalue weighted by Crippen LogP contribution is 2.34. The van der Waals surface area contributed by atoms with Crippen LogP contribution in [0.2, 0.25) is 0 Å². The molecule has 2 heterocycles. The van der Waals surface area contributed by atoms with E-state index in [-0.39, 0.29) is 29.8 Å². The summed E-state index contributed by atoms with van der Waals surface area (Å²) >= 11 is 0. The number of piperazine rings is 1. The first-order valence-electron chi connectivity index (χ1n) is 8.60. The molecule has 0 aromatic carbocycles. The van der Waals surface area contributed by atoms with Gasteiger partial charge in [0.25, 0.3) is 5.91 Å². The van der Waals surface area contributed by atoms with E-state index in [9.17, 15) is 14.4 Å². The fourth-order valence-corrected chi connectivity index (χ4v) is 4.13. The minimum atomic E-state index is -0.645. The van der Waals surface area contributed by atoms with Gasteiger partial charge in [-0.15, -0.1) is 0 Å². The molecule has 7 heteroatoms. The predicted molar refractivity (Wildman–Crippen MR) is 84.7 cm³/mol. The molecule has 7 nitrogen and oxygen atoms in total. The molecule has 3 aliphatic rings. The molecule has 23 heavy (non-hydrogen) atoms. The number of carbonyl (C=O) groups excluding carboxylic acids is 3. The molecule has 0 aromatic heterocycles. The molecule has 1 aliphatic carbocycles. The average Bonchev–Trinajstić information content (AvgIpc) is 3.04. The Bertz CT molecular complexity index is 513. The van der Waals surface area contributed by atoms with E-state index in [0.29, 0.717) is 19.6 Å². The third-order valence-electron chi connectivity index (χ3n) is 5.31. The molecule has 1 unspecified atom stereocenters. The monoisotopic (exact) mass is 322 g/mol. The molecular formula is C16H26N4O3. The molecule has 0 bridgehead atoms. The van der Waals surface area contributed by atoms with Crippen molar-refractivity contribution in [1.82, 2.24) is 20.4 Å². The van der Waals surface area contributed by atoms with Crippen molar-refractivity contribution in [1.29, 1.82) is 0 Å². The summed E-state index contributed by atoms with van der Waals surface area (Å²) in [5.41, 5.74) is -0.645. The fourth-order valence-electron chi connectivity index (χ4n) is 4.13. The normalized spacial score (nSPS) is 27.9. The predicted octanol–water partition coefficient (Wildman–Crippen LogP) is 0.307. The van der Waals surface area contributed by atoms with Gasteiger partial charge in [0.05, 0.1) is 6.04 Å². The van der Waals surface area contributed by atoms with Crippen LogP contribution in [0.5, 0.6) is 0 Å². The molecule has 0 aromatic rings. The summed E-state index contributed by atoms with van der Waals surface area (Å²) in [5.74, 6) is 0.151. The van der Waals surface area contributed by atoms with Crippen LogP contribution in [-0.4, -0.2) is 65.4 Å². The van der Waals surface area contributed by atoms with E-state index >= 15 is 0 Å². The lowest BCUT2D eigenvalue weighted by molar-refractivity contribution is -0.132. The second-order valence-electron chi connectivity index (χ2n) is 7.19. The average molecular weight is 322 g/mol. The summed E-state index contributed by atoms with van der Waals surface area (Å²) < 4.78 is 0. The Hall–Kier alpha value is -1.63. The summed E-state index contributed by atoms with van der Waals surface area (Å²) in [6.45, 7) is 6.30. The molecule has 3 rings (SSSR count). The molecule has 0 radical (unpaired) electrons. The maximum Gasteiger partial charge on any atom is 0.325 e. The lowest BCUT2D eigenvalue weighted by Gasteiger charge is -2.37. The minimum Gasteiger partial charge on any atom is -0.353 e. The van der Waals surface area contributed by atoms with Crippen LogP contribution in [0.3, 0.4) is 0 Å². The molecule has 4 amide bonds. The van der Waals surface area contributed by atoms with Crippen LogP contribution in [0, 0.1) is 5.92 Å². The quantitative estimate of drug-likeness (QED) is 0.730. The van der Waals surface area contributed by atoms with Crippen molar-refractivity contribution >= 4 is 17.8 Å². The second kappa shape index (κ2) is 6.11. The number of imide groups is 1. The highest BCUT2D eigenvalue weighted by molar-refractivity contribution is 6.07. The standard InChI is InChI=1S/C16H26N4O3/c1-11(2)12-13(21)17-7-8-19(12)9-10-20-14(22)16(18-15(20)23)5-3-4-6-16/h11-12H,3-10H2,1-2H3,(H,17,21)(H,18,23). The van der Waals surface area contributed by atoms with E-state index in [1.165, 1.54) is 4.90 Å². The maximum atomic E-state index is 12.6. The number of hydrogen-bond acceptors (Lipinski definition) is 4. The lowest BCUT2D eigenvalue weighted by Crippen LogP contribution is -2.58. The zero-order chi connectivity index (χ0) is 16.6. The topological polar surface area (TPSA) is 81.8 Å². The van der Waals surface area contributed by atoms with Crippen LogP contribution in [0.15, 0.2) is 0 Å². The van der Waals surface area contributed by atoms with Gasteiger partial charge in [-0.1, -0.05) is 26.7 Å². The van der Waals surface area contributed by atoms with Crippen molar-refractivity contribution < 1.29 is 14.4 Å². The van der Waals surface area contributed by atoms with Gasteiger partial charge in [0.1, 0.15) is 5.54 Å². The summed E-state index contributed by atoms with van der Waals surface area (Å²) in [5, 5.41) is 5.79.